The van der Waals surface area contributed by atoms with Crippen LogP contribution in [0.2, 0.25) is 0 Å². The number of likely N-dealkylation sites (tertiary alicyclic amines) is 1. The molecule has 142 valence electrons. The molecule has 0 radical (unpaired) electrons. The summed E-state index contributed by atoms with van der Waals surface area (Å²) in [5, 5.41) is 7.40. The minimum absolute atomic E-state index is 0.0329. The minimum Gasteiger partial charge on any atom is -0.337 e. The number of nitrogens with zero attached hydrogens (tertiary/aromatic N) is 4. The van der Waals surface area contributed by atoms with Gasteiger partial charge in [0.15, 0.2) is 0 Å². The van der Waals surface area contributed by atoms with Crippen LogP contribution >= 0.6 is 0 Å². The smallest absolute Gasteiger partial charge is 0.253 e. The summed E-state index contributed by atoms with van der Waals surface area (Å²) in [5.74, 6) is 0.171. The van der Waals surface area contributed by atoms with Crippen molar-refractivity contribution in [2.45, 2.75) is 25.8 Å². The van der Waals surface area contributed by atoms with E-state index in [0.29, 0.717) is 18.7 Å². The number of nitrogens with one attached hydrogen (secondary N) is 1. The highest BCUT2D eigenvalue weighted by Crippen LogP contribution is 2.20. The maximum Gasteiger partial charge on any atom is 0.253 e. The van der Waals surface area contributed by atoms with Crippen LogP contribution in [-0.4, -0.2) is 70.2 Å². The van der Waals surface area contributed by atoms with E-state index in [-0.39, 0.29) is 17.9 Å². The lowest BCUT2D eigenvalue weighted by Gasteiger charge is -2.41. The van der Waals surface area contributed by atoms with Gasteiger partial charge in [-0.1, -0.05) is 0 Å². The molecular formula is C20H25N5O2. The molecule has 1 atom stereocenters. The summed E-state index contributed by atoms with van der Waals surface area (Å²) >= 11 is 0. The van der Waals surface area contributed by atoms with Crippen LogP contribution in [0.3, 0.4) is 0 Å². The molecule has 1 N–H and O–H groups in total. The van der Waals surface area contributed by atoms with Crippen molar-refractivity contribution in [2.24, 2.45) is 0 Å². The van der Waals surface area contributed by atoms with E-state index in [2.05, 4.69) is 10.4 Å². The molecule has 2 saturated heterocycles. The van der Waals surface area contributed by atoms with Crippen LogP contribution in [0, 0.1) is 6.92 Å². The molecular weight excluding hydrogens is 342 g/mol. The summed E-state index contributed by atoms with van der Waals surface area (Å²) in [7, 11) is 0. The molecule has 7 heteroatoms. The second kappa shape index (κ2) is 7.52. The number of piperazine rings is 1. The Morgan fingerprint density at radius 1 is 1.22 bits per heavy atom. The van der Waals surface area contributed by atoms with E-state index in [1.54, 1.807) is 4.68 Å². The Morgan fingerprint density at radius 3 is 2.74 bits per heavy atom. The van der Waals surface area contributed by atoms with Crippen LogP contribution in [0.1, 0.15) is 28.8 Å². The number of aromatic nitrogens is 2. The van der Waals surface area contributed by atoms with Gasteiger partial charge in [-0.05, 0) is 49.6 Å². The largest absolute Gasteiger partial charge is 0.337 e. The Kier molecular flexibility index (Phi) is 4.94. The second-order valence-electron chi connectivity index (χ2n) is 7.32. The van der Waals surface area contributed by atoms with Crippen molar-refractivity contribution in [2.75, 3.05) is 32.7 Å². The van der Waals surface area contributed by atoms with E-state index in [0.717, 1.165) is 43.7 Å². The van der Waals surface area contributed by atoms with E-state index in [1.165, 1.54) is 0 Å². The predicted molar refractivity (Wildman–Crippen MR) is 102 cm³/mol. The van der Waals surface area contributed by atoms with Crippen LogP contribution in [0.25, 0.3) is 5.69 Å². The first-order valence-electron chi connectivity index (χ1n) is 9.53. The zero-order valence-corrected chi connectivity index (χ0v) is 15.6. The second-order valence-corrected chi connectivity index (χ2v) is 7.32. The van der Waals surface area contributed by atoms with Crippen LogP contribution < -0.4 is 5.32 Å². The highest BCUT2D eigenvalue weighted by Gasteiger charge is 2.31. The van der Waals surface area contributed by atoms with Crippen LogP contribution in [-0.2, 0) is 4.79 Å². The van der Waals surface area contributed by atoms with Gasteiger partial charge in [-0.25, -0.2) is 4.68 Å². The van der Waals surface area contributed by atoms with Crippen molar-refractivity contribution < 1.29 is 9.59 Å². The van der Waals surface area contributed by atoms with Crippen LogP contribution in [0.4, 0.5) is 0 Å². The fourth-order valence-corrected chi connectivity index (χ4v) is 3.89. The molecule has 27 heavy (non-hydrogen) atoms. The quantitative estimate of drug-likeness (QED) is 0.886. The number of aryl methyl sites for hydroxylation is 1. The van der Waals surface area contributed by atoms with Gasteiger partial charge in [0.2, 0.25) is 5.91 Å². The Labute approximate surface area is 158 Å². The van der Waals surface area contributed by atoms with Gasteiger partial charge < -0.3 is 15.1 Å². The number of piperidine rings is 1. The summed E-state index contributed by atoms with van der Waals surface area (Å²) in [4.78, 5) is 28.9. The summed E-state index contributed by atoms with van der Waals surface area (Å²) in [6, 6.07) is 7.67. The first kappa shape index (κ1) is 17.7. The van der Waals surface area contributed by atoms with E-state index in [1.807, 2.05) is 53.4 Å². The number of hydrogen-bond acceptors (Lipinski definition) is 4. The topological polar surface area (TPSA) is 70.5 Å². The molecule has 3 heterocycles. The van der Waals surface area contributed by atoms with Gasteiger partial charge in [-0.15, -0.1) is 0 Å². The number of carbonyl (C=O) groups is 2. The highest BCUT2D eigenvalue weighted by atomic mass is 16.2. The van der Waals surface area contributed by atoms with Gasteiger partial charge in [0.1, 0.15) is 0 Å². The molecule has 7 nitrogen and oxygen atoms in total. The molecule has 2 fully saturated rings. The molecule has 0 aliphatic carbocycles. The highest BCUT2D eigenvalue weighted by molar-refractivity contribution is 5.94. The maximum absolute atomic E-state index is 12.9. The summed E-state index contributed by atoms with van der Waals surface area (Å²) in [5.41, 5.74) is 2.70. The van der Waals surface area contributed by atoms with Gasteiger partial charge >= 0.3 is 0 Å². The molecule has 0 spiro atoms. The van der Waals surface area contributed by atoms with Crippen molar-refractivity contribution in [3.05, 3.63) is 47.8 Å². The number of carbonyl (C=O) groups excluding carboxylic acids is 2. The Balaban J connectivity index is 1.44. The van der Waals surface area contributed by atoms with Gasteiger partial charge in [0.05, 0.1) is 18.4 Å². The predicted octanol–water partition coefficient (Wildman–Crippen LogP) is 1.22. The molecule has 1 aromatic heterocycles. The average molecular weight is 367 g/mol. The number of amides is 2. The fraction of sp³-hybridized carbons (Fsp3) is 0.450. The first-order valence-corrected chi connectivity index (χ1v) is 9.53. The fourth-order valence-electron chi connectivity index (χ4n) is 3.89. The molecule has 0 bridgehead atoms. The monoisotopic (exact) mass is 367 g/mol. The average Bonchev–Trinajstić information content (AvgIpc) is 3.14. The van der Waals surface area contributed by atoms with Gasteiger partial charge in [-0.2, -0.15) is 5.10 Å². The van der Waals surface area contributed by atoms with Crippen LogP contribution in [0.15, 0.2) is 36.7 Å². The van der Waals surface area contributed by atoms with Gasteiger partial charge in [0.25, 0.3) is 5.91 Å². The lowest BCUT2D eigenvalue weighted by atomic mass is 10.0. The third-order valence-corrected chi connectivity index (χ3v) is 5.34. The standard InChI is InChI=1S/C20H25N5O2/c1-15-11-22-25(13-15)17-6-4-16(5-7-17)20(27)23-9-2-3-18(14-23)24-10-8-21-12-19(24)26/h4-7,11,13,18,21H,2-3,8-10,12,14H2,1H3. The molecule has 1 unspecified atom stereocenters. The zero-order valence-electron chi connectivity index (χ0n) is 15.6. The Hall–Kier alpha value is -2.67. The number of benzene rings is 1. The summed E-state index contributed by atoms with van der Waals surface area (Å²) < 4.78 is 1.80. The van der Waals surface area contributed by atoms with Crippen molar-refractivity contribution in [3.8, 4) is 5.69 Å². The lowest BCUT2D eigenvalue weighted by molar-refractivity contribution is -0.135. The van der Waals surface area contributed by atoms with Crippen molar-refractivity contribution in [1.29, 1.82) is 0 Å². The molecule has 2 aromatic rings. The number of hydrogen-bond donors (Lipinski definition) is 1. The van der Waals surface area contributed by atoms with E-state index >= 15 is 0 Å². The molecule has 2 aliphatic rings. The van der Waals surface area contributed by atoms with Gasteiger partial charge in [-0.3, -0.25) is 9.59 Å². The third-order valence-electron chi connectivity index (χ3n) is 5.34. The SMILES string of the molecule is Cc1cnn(-c2ccc(C(=O)N3CCCC(N4CCNCC4=O)C3)cc2)c1. The van der Waals surface area contributed by atoms with Crippen LogP contribution in [0.5, 0.6) is 0 Å². The lowest BCUT2D eigenvalue weighted by Crippen LogP contribution is -2.57. The number of rotatable bonds is 3. The molecule has 4 rings (SSSR count). The molecule has 1 aromatic carbocycles. The van der Waals surface area contributed by atoms with E-state index < -0.39 is 0 Å². The Bertz CT molecular complexity index is 829. The van der Waals surface area contributed by atoms with E-state index in [4.69, 9.17) is 0 Å². The van der Waals surface area contributed by atoms with Crippen molar-refractivity contribution >= 4 is 11.8 Å². The van der Waals surface area contributed by atoms with Gasteiger partial charge in [0, 0.05) is 44.0 Å². The summed E-state index contributed by atoms with van der Waals surface area (Å²) in [6.45, 7) is 5.31. The molecule has 0 saturated carbocycles. The maximum atomic E-state index is 12.9. The minimum atomic E-state index is 0.0329. The van der Waals surface area contributed by atoms with E-state index in [9.17, 15) is 9.59 Å². The summed E-state index contributed by atoms with van der Waals surface area (Å²) in [6.07, 6.45) is 5.66. The normalized spacial score (nSPS) is 20.8. The van der Waals surface area contributed by atoms with Crippen molar-refractivity contribution in [3.63, 3.8) is 0 Å². The Morgan fingerprint density at radius 2 is 2.04 bits per heavy atom. The molecule has 2 aliphatic heterocycles. The first-order chi connectivity index (χ1) is 13.1. The molecule has 2 amide bonds. The zero-order chi connectivity index (χ0) is 18.8. The third kappa shape index (κ3) is 3.73. The van der Waals surface area contributed by atoms with Crippen molar-refractivity contribution in [1.82, 2.24) is 24.9 Å².